The second-order valence-corrected chi connectivity index (χ2v) is 8.92. The molecule has 1 heterocycles. The van der Waals surface area contributed by atoms with Crippen LogP contribution in [0.4, 0.5) is 11.4 Å². The minimum absolute atomic E-state index is 0.174. The normalized spacial score (nSPS) is 13.9. The lowest BCUT2D eigenvalue weighted by molar-refractivity contribution is 0.0952. The van der Waals surface area contributed by atoms with E-state index in [0.29, 0.717) is 34.3 Å². The van der Waals surface area contributed by atoms with Crippen molar-refractivity contribution in [3.63, 3.8) is 0 Å². The highest BCUT2D eigenvalue weighted by Gasteiger charge is 2.22. The van der Waals surface area contributed by atoms with E-state index in [1.165, 1.54) is 17.4 Å². The van der Waals surface area contributed by atoms with Crippen LogP contribution >= 0.6 is 11.3 Å². The molecule has 0 unspecified atom stereocenters. The van der Waals surface area contributed by atoms with E-state index in [9.17, 15) is 18.0 Å². The number of sulfonamides is 1. The maximum absolute atomic E-state index is 12.4. The molecular weight excluding hydrogens is 374 g/mol. The van der Waals surface area contributed by atoms with Gasteiger partial charge in [0.1, 0.15) is 0 Å². The van der Waals surface area contributed by atoms with E-state index >= 15 is 0 Å². The van der Waals surface area contributed by atoms with Crippen LogP contribution < -0.4 is 15.4 Å². The largest absolute Gasteiger partial charge is 0.352 e. The third kappa shape index (κ3) is 5.30. The predicted octanol–water partition coefficient (Wildman–Crippen LogP) is 2.51. The van der Waals surface area contributed by atoms with Crippen LogP contribution in [0.5, 0.6) is 0 Å². The Labute approximate surface area is 155 Å². The Hall–Kier alpha value is -2.39. The number of nitrogens with one attached hydrogen (secondary N) is 3. The molecule has 1 aromatic carbocycles. The summed E-state index contributed by atoms with van der Waals surface area (Å²) >= 11 is 1.18. The maximum Gasteiger partial charge on any atom is 0.265 e. The number of anilines is 2. The first-order valence-corrected chi connectivity index (χ1v) is 10.8. The van der Waals surface area contributed by atoms with Crippen molar-refractivity contribution in [2.45, 2.75) is 12.8 Å². The second-order valence-electron chi connectivity index (χ2n) is 6.26. The Balaban J connectivity index is 1.63. The average molecular weight is 393 g/mol. The molecule has 138 valence electrons. The van der Waals surface area contributed by atoms with E-state index in [4.69, 9.17) is 0 Å². The number of hydrogen-bond donors (Lipinski definition) is 3. The highest BCUT2D eigenvalue weighted by Crippen LogP contribution is 2.27. The first-order chi connectivity index (χ1) is 12.3. The molecule has 1 saturated carbocycles. The molecule has 0 aliphatic heterocycles. The second kappa shape index (κ2) is 7.46. The fourth-order valence-corrected chi connectivity index (χ4v) is 3.64. The molecule has 0 atom stereocenters. The molecule has 1 aromatic heterocycles. The van der Waals surface area contributed by atoms with E-state index in [1.54, 1.807) is 29.6 Å². The van der Waals surface area contributed by atoms with Gasteiger partial charge in [0.2, 0.25) is 10.0 Å². The van der Waals surface area contributed by atoms with Gasteiger partial charge in [0, 0.05) is 17.6 Å². The van der Waals surface area contributed by atoms with Crippen molar-refractivity contribution in [2.24, 2.45) is 5.92 Å². The lowest BCUT2D eigenvalue weighted by atomic mass is 10.2. The third-order valence-electron chi connectivity index (χ3n) is 3.76. The SMILES string of the molecule is CS(=O)(=O)Nc1cccc(NC(=O)c2cc(C(=O)NCC3CC3)cs2)c1. The number of carbonyl (C=O) groups excluding carboxylic acids is 2. The van der Waals surface area contributed by atoms with Crippen LogP contribution in [-0.2, 0) is 10.0 Å². The summed E-state index contributed by atoms with van der Waals surface area (Å²) in [6.45, 7) is 0.677. The number of hydrogen-bond acceptors (Lipinski definition) is 5. The van der Waals surface area contributed by atoms with Crippen molar-refractivity contribution in [1.29, 1.82) is 0 Å². The van der Waals surface area contributed by atoms with Gasteiger partial charge in [0.05, 0.1) is 22.4 Å². The number of thiophene rings is 1. The predicted molar refractivity (Wildman–Crippen MR) is 102 cm³/mol. The van der Waals surface area contributed by atoms with E-state index in [1.807, 2.05) is 0 Å². The summed E-state index contributed by atoms with van der Waals surface area (Å²) in [6.07, 6.45) is 3.37. The number of rotatable bonds is 7. The number of benzene rings is 1. The van der Waals surface area contributed by atoms with E-state index < -0.39 is 10.0 Å². The fourth-order valence-electron chi connectivity index (χ4n) is 2.30. The van der Waals surface area contributed by atoms with Crippen LogP contribution in [0.15, 0.2) is 35.7 Å². The topological polar surface area (TPSA) is 104 Å². The summed E-state index contributed by atoms with van der Waals surface area (Å²) < 4.78 is 24.9. The molecule has 2 aromatic rings. The minimum atomic E-state index is -3.39. The zero-order chi connectivity index (χ0) is 18.7. The zero-order valence-corrected chi connectivity index (χ0v) is 15.7. The molecule has 0 radical (unpaired) electrons. The quantitative estimate of drug-likeness (QED) is 0.672. The molecule has 3 rings (SSSR count). The highest BCUT2D eigenvalue weighted by molar-refractivity contribution is 7.92. The molecule has 26 heavy (non-hydrogen) atoms. The van der Waals surface area contributed by atoms with Crippen molar-refractivity contribution >= 4 is 44.5 Å². The Morgan fingerprint density at radius 3 is 2.58 bits per heavy atom. The molecule has 0 bridgehead atoms. The van der Waals surface area contributed by atoms with Gasteiger partial charge in [-0.05, 0) is 43.0 Å². The maximum atomic E-state index is 12.4. The van der Waals surface area contributed by atoms with Crippen molar-refractivity contribution < 1.29 is 18.0 Å². The van der Waals surface area contributed by atoms with Crippen molar-refractivity contribution in [3.8, 4) is 0 Å². The van der Waals surface area contributed by atoms with Crippen LogP contribution in [0.3, 0.4) is 0 Å². The van der Waals surface area contributed by atoms with Gasteiger partial charge in [-0.3, -0.25) is 14.3 Å². The Morgan fingerprint density at radius 1 is 1.15 bits per heavy atom. The lowest BCUT2D eigenvalue weighted by Crippen LogP contribution is -2.25. The number of carbonyl (C=O) groups is 2. The fraction of sp³-hybridized carbons (Fsp3) is 0.294. The van der Waals surface area contributed by atoms with Gasteiger partial charge in [0.15, 0.2) is 0 Å². The Bertz CT molecular complexity index is 933. The van der Waals surface area contributed by atoms with Crippen LogP contribution in [0.2, 0.25) is 0 Å². The van der Waals surface area contributed by atoms with Crippen molar-refractivity contribution in [2.75, 3.05) is 22.8 Å². The third-order valence-corrected chi connectivity index (χ3v) is 5.29. The van der Waals surface area contributed by atoms with Crippen LogP contribution in [-0.4, -0.2) is 33.0 Å². The first kappa shape index (κ1) is 18.4. The van der Waals surface area contributed by atoms with Crippen LogP contribution in [0.1, 0.15) is 32.9 Å². The van der Waals surface area contributed by atoms with Crippen LogP contribution in [0.25, 0.3) is 0 Å². The molecule has 9 heteroatoms. The van der Waals surface area contributed by atoms with E-state index in [-0.39, 0.29) is 11.8 Å². The molecular formula is C17H19N3O4S2. The summed E-state index contributed by atoms with van der Waals surface area (Å²) in [5, 5.41) is 7.22. The van der Waals surface area contributed by atoms with Gasteiger partial charge in [-0.25, -0.2) is 8.42 Å². The molecule has 3 N–H and O–H groups in total. The minimum Gasteiger partial charge on any atom is -0.352 e. The lowest BCUT2D eigenvalue weighted by Gasteiger charge is -2.07. The van der Waals surface area contributed by atoms with Gasteiger partial charge in [0.25, 0.3) is 11.8 Å². The summed E-state index contributed by atoms with van der Waals surface area (Å²) in [6, 6.07) is 7.96. The van der Waals surface area contributed by atoms with Gasteiger partial charge >= 0.3 is 0 Å². The summed E-state index contributed by atoms with van der Waals surface area (Å²) in [7, 11) is -3.39. The van der Waals surface area contributed by atoms with Gasteiger partial charge in [-0.15, -0.1) is 11.3 Å². The summed E-state index contributed by atoms with van der Waals surface area (Å²) in [5.41, 5.74) is 1.28. The smallest absolute Gasteiger partial charge is 0.265 e. The van der Waals surface area contributed by atoms with Gasteiger partial charge in [-0.2, -0.15) is 0 Å². The standard InChI is InChI=1S/C17H19N3O4S2/c1-26(23,24)20-14-4-2-3-13(8-14)19-17(22)15-7-12(10-25-15)16(21)18-9-11-5-6-11/h2-4,7-8,10-11,20H,5-6,9H2,1H3,(H,18,21)(H,19,22). The summed E-state index contributed by atoms with van der Waals surface area (Å²) in [5.74, 6) is 0.0625. The Morgan fingerprint density at radius 2 is 1.88 bits per heavy atom. The molecule has 2 amide bonds. The molecule has 1 aliphatic carbocycles. The Kier molecular flexibility index (Phi) is 5.28. The van der Waals surface area contributed by atoms with Crippen LogP contribution in [0, 0.1) is 5.92 Å². The highest BCUT2D eigenvalue weighted by atomic mass is 32.2. The first-order valence-electron chi connectivity index (χ1n) is 8.06. The monoisotopic (exact) mass is 393 g/mol. The molecule has 1 aliphatic rings. The molecule has 0 spiro atoms. The van der Waals surface area contributed by atoms with E-state index in [2.05, 4.69) is 15.4 Å². The van der Waals surface area contributed by atoms with Gasteiger partial charge in [-0.1, -0.05) is 6.07 Å². The average Bonchev–Trinajstić information content (AvgIpc) is 3.25. The number of amides is 2. The van der Waals surface area contributed by atoms with Crippen molar-refractivity contribution in [3.05, 3.63) is 46.2 Å². The summed E-state index contributed by atoms with van der Waals surface area (Å²) in [4.78, 5) is 24.8. The molecule has 1 fully saturated rings. The molecule has 0 saturated heterocycles. The van der Waals surface area contributed by atoms with Crippen molar-refractivity contribution in [1.82, 2.24) is 5.32 Å². The zero-order valence-electron chi connectivity index (χ0n) is 14.1. The van der Waals surface area contributed by atoms with E-state index in [0.717, 1.165) is 19.1 Å². The molecule has 7 nitrogen and oxygen atoms in total. The van der Waals surface area contributed by atoms with Gasteiger partial charge < -0.3 is 10.6 Å².